The maximum atomic E-state index is 11.4. The molecule has 0 aliphatic carbocycles. The van der Waals surface area contributed by atoms with Crippen LogP contribution in [0.2, 0.25) is 0 Å². The van der Waals surface area contributed by atoms with Crippen LogP contribution in [0.25, 0.3) is 0 Å². The lowest BCUT2D eigenvalue weighted by molar-refractivity contribution is -0.0997. The summed E-state index contributed by atoms with van der Waals surface area (Å²) < 4.78 is 15.4. The highest BCUT2D eigenvalue weighted by Crippen LogP contribution is 2.15. The summed E-state index contributed by atoms with van der Waals surface area (Å²) in [5.74, 6) is 0. The van der Waals surface area contributed by atoms with Crippen LogP contribution in [0.5, 0.6) is 0 Å². The van der Waals surface area contributed by atoms with Gasteiger partial charge in [-0.15, -0.1) is 0 Å². The smallest absolute Gasteiger partial charge is 0.408 e. The van der Waals surface area contributed by atoms with E-state index in [-0.39, 0.29) is 12.3 Å². The molecule has 0 radical (unpaired) electrons. The third kappa shape index (κ3) is 4.05. The number of carbonyl (C=O) groups is 1. The van der Waals surface area contributed by atoms with Crippen LogP contribution < -0.4 is 5.32 Å². The Balaban J connectivity index is 2.37. The number of hydrogen-bond acceptors (Lipinski definition) is 4. The Labute approximate surface area is 90.1 Å². The normalized spacial score (nSPS) is 26.4. The van der Waals surface area contributed by atoms with E-state index in [9.17, 15) is 4.79 Å². The molecule has 2 atom stereocenters. The summed E-state index contributed by atoms with van der Waals surface area (Å²) in [4.78, 5) is 11.4. The Bertz CT molecular complexity index is 224. The molecule has 0 aromatic rings. The molecule has 1 heterocycles. The SMILES string of the molecule is CO[C@H]1OCC[C@@H]1NC(=O)OC(C)(C)C. The zero-order chi connectivity index (χ0) is 11.5. The van der Waals surface area contributed by atoms with Crippen molar-refractivity contribution in [2.75, 3.05) is 13.7 Å². The fraction of sp³-hybridized carbons (Fsp3) is 0.900. The van der Waals surface area contributed by atoms with Crippen molar-refractivity contribution in [3.05, 3.63) is 0 Å². The number of hydrogen-bond donors (Lipinski definition) is 1. The lowest BCUT2D eigenvalue weighted by Gasteiger charge is -2.23. The van der Waals surface area contributed by atoms with Crippen molar-refractivity contribution >= 4 is 6.09 Å². The minimum atomic E-state index is -0.480. The van der Waals surface area contributed by atoms with E-state index >= 15 is 0 Å². The van der Waals surface area contributed by atoms with Crippen molar-refractivity contribution in [3.63, 3.8) is 0 Å². The molecule has 5 heteroatoms. The Hall–Kier alpha value is -0.810. The molecule has 0 spiro atoms. The number of methoxy groups -OCH3 is 1. The summed E-state index contributed by atoms with van der Waals surface area (Å²) in [5, 5.41) is 2.73. The molecule has 88 valence electrons. The van der Waals surface area contributed by atoms with Gasteiger partial charge in [-0.25, -0.2) is 4.79 Å². The van der Waals surface area contributed by atoms with Gasteiger partial charge >= 0.3 is 6.09 Å². The van der Waals surface area contributed by atoms with Crippen LogP contribution in [-0.2, 0) is 14.2 Å². The van der Waals surface area contributed by atoms with Gasteiger partial charge in [-0.3, -0.25) is 0 Å². The number of rotatable bonds is 2. The largest absolute Gasteiger partial charge is 0.444 e. The van der Waals surface area contributed by atoms with Crippen LogP contribution in [0.15, 0.2) is 0 Å². The van der Waals surface area contributed by atoms with Crippen LogP contribution in [0, 0.1) is 0 Å². The fourth-order valence-corrected chi connectivity index (χ4v) is 1.39. The maximum Gasteiger partial charge on any atom is 0.408 e. The summed E-state index contributed by atoms with van der Waals surface area (Å²) >= 11 is 0. The van der Waals surface area contributed by atoms with Gasteiger partial charge in [0.2, 0.25) is 0 Å². The molecule has 1 N–H and O–H groups in total. The van der Waals surface area contributed by atoms with Crippen LogP contribution >= 0.6 is 0 Å². The van der Waals surface area contributed by atoms with Gasteiger partial charge in [-0.1, -0.05) is 0 Å². The molecule has 0 aromatic heterocycles. The van der Waals surface area contributed by atoms with Crippen molar-refractivity contribution in [2.45, 2.75) is 45.1 Å². The number of ether oxygens (including phenoxy) is 3. The average molecular weight is 217 g/mol. The predicted molar refractivity (Wildman–Crippen MR) is 54.5 cm³/mol. The van der Waals surface area contributed by atoms with E-state index in [1.807, 2.05) is 20.8 Å². The van der Waals surface area contributed by atoms with Crippen molar-refractivity contribution in [1.29, 1.82) is 0 Å². The minimum absolute atomic E-state index is 0.121. The maximum absolute atomic E-state index is 11.4. The van der Waals surface area contributed by atoms with E-state index in [1.165, 1.54) is 0 Å². The lowest BCUT2D eigenvalue weighted by Crippen LogP contribution is -2.43. The summed E-state index contributed by atoms with van der Waals surface area (Å²) in [6.45, 7) is 6.07. The van der Waals surface area contributed by atoms with Crippen molar-refractivity contribution in [2.24, 2.45) is 0 Å². The highest BCUT2D eigenvalue weighted by molar-refractivity contribution is 5.68. The van der Waals surface area contributed by atoms with E-state index < -0.39 is 11.7 Å². The summed E-state index contributed by atoms with van der Waals surface area (Å²) in [6, 6.07) is -0.121. The minimum Gasteiger partial charge on any atom is -0.444 e. The highest BCUT2D eigenvalue weighted by Gasteiger charge is 2.30. The second-order valence-electron chi connectivity index (χ2n) is 4.52. The molecule has 1 aliphatic heterocycles. The van der Waals surface area contributed by atoms with E-state index in [0.717, 1.165) is 6.42 Å². The first kappa shape index (κ1) is 12.3. The molecule has 1 amide bonds. The molecule has 5 nitrogen and oxygen atoms in total. The van der Waals surface area contributed by atoms with Crippen LogP contribution in [0.1, 0.15) is 27.2 Å². The second-order valence-corrected chi connectivity index (χ2v) is 4.52. The topological polar surface area (TPSA) is 56.8 Å². The number of alkyl carbamates (subject to hydrolysis) is 1. The van der Waals surface area contributed by atoms with Gasteiger partial charge in [0.1, 0.15) is 5.60 Å². The molecule has 1 aliphatic rings. The van der Waals surface area contributed by atoms with Gasteiger partial charge in [0.25, 0.3) is 0 Å². The van der Waals surface area contributed by atoms with Gasteiger partial charge < -0.3 is 19.5 Å². The Kier molecular flexibility index (Phi) is 3.93. The van der Waals surface area contributed by atoms with Gasteiger partial charge in [0.15, 0.2) is 6.29 Å². The summed E-state index contributed by atoms with van der Waals surface area (Å²) in [5.41, 5.74) is -0.480. The first-order valence-electron chi connectivity index (χ1n) is 5.06. The van der Waals surface area contributed by atoms with Crippen molar-refractivity contribution < 1.29 is 19.0 Å². The van der Waals surface area contributed by atoms with Gasteiger partial charge in [-0.05, 0) is 27.2 Å². The van der Waals surface area contributed by atoms with Crippen molar-refractivity contribution in [1.82, 2.24) is 5.32 Å². The monoisotopic (exact) mass is 217 g/mol. The Morgan fingerprint density at radius 3 is 2.67 bits per heavy atom. The van der Waals surface area contributed by atoms with Crippen LogP contribution in [0.4, 0.5) is 4.79 Å². The first-order chi connectivity index (χ1) is 6.92. The van der Waals surface area contributed by atoms with Crippen LogP contribution in [0.3, 0.4) is 0 Å². The van der Waals surface area contributed by atoms with E-state index in [1.54, 1.807) is 7.11 Å². The van der Waals surface area contributed by atoms with Crippen LogP contribution in [-0.4, -0.2) is 37.7 Å². The fourth-order valence-electron chi connectivity index (χ4n) is 1.39. The third-order valence-electron chi connectivity index (χ3n) is 1.97. The van der Waals surface area contributed by atoms with E-state index in [4.69, 9.17) is 14.2 Å². The molecular weight excluding hydrogens is 198 g/mol. The molecule has 0 unspecified atom stereocenters. The molecule has 0 aromatic carbocycles. The number of carbonyl (C=O) groups excluding carboxylic acids is 1. The van der Waals surface area contributed by atoms with Gasteiger partial charge in [0.05, 0.1) is 12.6 Å². The Morgan fingerprint density at radius 1 is 1.47 bits per heavy atom. The standard InChI is InChI=1S/C10H19NO4/c1-10(2,3)15-9(12)11-7-5-6-14-8(7)13-4/h7-8H,5-6H2,1-4H3,(H,11,12)/t7-,8-/m0/s1. The lowest BCUT2D eigenvalue weighted by atomic mass is 10.2. The molecule has 1 fully saturated rings. The van der Waals surface area contributed by atoms with Gasteiger partial charge in [0, 0.05) is 7.11 Å². The van der Waals surface area contributed by atoms with Gasteiger partial charge in [-0.2, -0.15) is 0 Å². The third-order valence-corrected chi connectivity index (χ3v) is 1.97. The van der Waals surface area contributed by atoms with E-state index in [0.29, 0.717) is 6.61 Å². The number of nitrogens with one attached hydrogen (secondary N) is 1. The molecule has 0 bridgehead atoms. The number of amides is 1. The molecular formula is C10H19NO4. The molecule has 1 rings (SSSR count). The molecule has 0 saturated carbocycles. The zero-order valence-corrected chi connectivity index (χ0v) is 9.70. The average Bonchev–Trinajstić information content (AvgIpc) is 2.48. The first-order valence-corrected chi connectivity index (χ1v) is 5.06. The molecule has 15 heavy (non-hydrogen) atoms. The quantitative estimate of drug-likeness (QED) is 0.756. The predicted octanol–water partition coefficient (Wildman–Crippen LogP) is 1.27. The van der Waals surface area contributed by atoms with Crippen molar-refractivity contribution in [3.8, 4) is 0 Å². The zero-order valence-electron chi connectivity index (χ0n) is 9.70. The summed E-state index contributed by atoms with van der Waals surface area (Å²) in [7, 11) is 1.56. The molecule has 1 saturated heterocycles. The second kappa shape index (κ2) is 4.81. The Morgan fingerprint density at radius 2 is 2.13 bits per heavy atom. The van der Waals surface area contributed by atoms with E-state index in [2.05, 4.69) is 5.32 Å². The highest BCUT2D eigenvalue weighted by atomic mass is 16.7. The summed E-state index contributed by atoms with van der Waals surface area (Å²) in [6.07, 6.45) is -0.0462.